The molecule has 0 radical (unpaired) electrons. The van der Waals surface area contributed by atoms with E-state index >= 15 is 0 Å². The molecule has 56 heavy (non-hydrogen) atoms. The first-order valence-corrected chi connectivity index (χ1v) is 22.1. The van der Waals surface area contributed by atoms with Crippen LogP contribution in [-0.4, -0.2) is 149 Å². The molecule has 0 bridgehead atoms. The lowest BCUT2D eigenvalue weighted by atomic mass is 9.83. The number of morpholine rings is 2. The van der Waals surface area contributed by atoms with E-state index in [1.165, 1.54) is 4.31 Å². The Kier molecular flexibility index (Phi) is 20.2. The zero-order valence-electron chi connectivity index (χ0n) is 32.8. The van der Waals surface area contributed by atoms with Crippen LogP contribution < -0.4 is 31.3 Å². The summed E-state index contributed by atoms with van der Waals surface area (Å²) < 4.78 is 41.6. The van der Waals surface area contributed by atoms with Crippen molar-refractivity contribution >= 4 is 45.3 Å². The Morgan fingerprint density at radius 3 is 2.21 bits per heavy atom. The second kappa shape index (κ2) is 24.7. The molecule has 2 aliphatic heterocycles. The first kappa shape index (κ1) is 45.7. The van der Waals surface area contributed by atoms with Crippen molar-refractivity contribution in [1.82, 2.24) is 40.5 Å². The Labute approximate surface area is 338 Å². The predicted octanol–water partition coefficient (Wildman–Crippen LogP) is 0.168. The standard InChI is InChI=1S/C38H64N8O8S2/c1-39-38(55)41-15-9-8-14-31(42-37(50)33(27-30-12-6-3-7-13-30)44-56(51,52)46-20-24-54-25-21-46)36(49)43-32(26-29-10-4-2-5-11-29)34(47)28-35(48)40-16-17-45-18-22-53-23-19-45/h3,6-7,12-13,29,31-34,44,47H,2,4-5,8-11,14-28H2,1H3,(H,40,48)(H,42,50)(H,43,49)(H2,39,41,55). The molecule has 3 fully saturated rings. The topological polar surface area (TPSA) is 203 Å². The van der Waals surface area contributed by atoms with Crippen LogP contribution in [0.4, 0.5) is 0 Å². The maximum absolute atomic E-state index is 14.2. The summed E-state index contributed by atoms with van der Waals surface area (Å²) in [7, 11) is -2.35. The maximum Gasteiger partial charge on any atom is 0.280 e. The monoisotopic (exact) mass is 824 g/mol. The number of amides is 3. The van der Waals surface area contributed by atoms with Gasteiger partial charge < -0.3 is 41.2 Å². The molecular weight excluding hydrogens is 761 g/mol. The lowest BCUT2D eigenvalue weighted by molar-refractivity contribution is -0.131. The quantitative estimate of drug-likeness (QED) is 0.0619. The van der Waals surface area contributed by atoms with Crippen LogP contribution in [-0.2, 0) is 40.5 Å². The summed E-state index contributed by atoms with van der Waals surface area (Å²) in [6.07, 6.45) is 5.84. The average Bonchev–Trinajstić information content (AvgIpc) is 3.21. The summed E-state index contributed by atoms with van der Waals surface area (Å²) in [4.78, 5) is 43.6. The third-order valence-electron chi connectivity index (χ3n) is 10.6. The minimum Gasteiger partial charge on any atom is -0.390 e. The van der Waals surface area contributed by atoms with E-state index in [1.807, 2.05) is 30.3 Å². The summed E-state index contributed by atoms with van der Waals surface area (Å²) in [5.74, 6) is -1.18. The van der Waals surface area contributed by atoms with Crippen molar-refractivity contribution in [3.8, 4) is 0 Å². The van der Waals surface area contributed by atoms with Crippen molar-refractivity contribution in [1.29, 1.82) is 0 Å². The number of carbonyl (C=O) groups excluding carboxylic acids is 3. The molecular formula is C38H64N8O8S2. The molecule has 3 amide bonds. The number of aliphatic hydroxyl groups is 1. The van der Waals surface area contributed by atoms with Gasteiger partial charge in [0.25, 0.3) is 10.2 Å². The van der Waals surface area contributed by atoms with Crippen molar-refractivity contribution in [2.75, 3.05) is 79.3 Å². The number of ether oxygens (including phenoxy) is 2. The third kappa shape index (κ3) is 16.5. The molecule has 1 aliphatic carbocycles. The molecule has 0 spiro atoms. The molecule has 1 saturated carbocycles. The number of rotatable bonds is 22. The number of unbranched alkanes of at least 4 members (excludes halogenated alkanes) is 1. The average molecular weight is 825 g/mol. The van der Waals surface area contributed by atoms with Crippen molar-refractivity contribution in [3.63, 3.8) is 0 Å². The van der Waals surface area contributed by atoms with Crippen molar-refractivity contribution in [2.45, 2.75) is 94.9 Å². The number of hydrogen-bond donors (Lipinski definition) is 7. The van der Waals surface area contributed by atoms with E-state index in [-0.39, 0.29) is 57.4 Å². The molecule has 1 aromatic rings. The van der Waals surface area contributed by atoms with Gasteiger partial charge in [-0.2, -0.15) is 17.4 Å². The molecule has 7 N–H and O–H groups in total. The number of nitrogens with zero attached hydrogens (tertiary/aromatic N) is 2. The highest BCUT2D eigenvalue weighted by molar-refractivity contribution is 7.87. The lowest BCUT2D eigenvalue weighted by Gasteiger charge is -2.32. The molecule has 4 atom stereocenters. The fraction of sp³-hybridized carbons (Fsp3) is 0.737. The molecule has 4 rings (SSSR count). The van der Waals surface area contributed by atoms with Gasteiger partial charge in [0.2, 0.25) is 17.7 Å². The van der Waals surface area contributed by atoms with Crippen LogP contribution >= 0.6 is 12.2 Å². The fourth-order valence-corrected chi connectivity index (χ4v) is 8.77. The predicted molar refractivity (Wildman–Crippen MR) is 218 cm³/mol. The van der Waals surface area contributed by atoms with E-state index in [0.29, 0.717) is 57.2 Å². The first-order valence-electron chi connectivity index (χ1n) is 20.2. The number of thiocarbonyl (C=S) groups is 1. The highest BCUT2D eigenvalue weighted by Crippen LogP contribution is 2.28. The molecule has 4 unspecified atom stereocenters. The van der Waals surface area contributed by atoms with Crippen LogP contribution in [0.15, 0.2) is 30.3 Å². The number of carbonyl (C=O) groups is 3. The Balaban J connectivity index is 1.48. The van der Waals surface area contributed by atoms with Gasteiger partial charge in [0.05, 0.1) is 45.0 Å². The number of hydrogen-bond acceptors (Lipinski definition) is 10. The molecule has 18 heteroatoms. The van der Waals surface area contributed by atoms with Gasteiger partial charge in [0, 0.05) is 52.9 Å². The van der Waals surface area contributed by atoms with E-state index in [2.05, 4.69) is 36.2 Å². The molecule has 16 nitrogen and oxygen atoms in total. The van der Waals surface area contributed by atoms with Crippen molar-refractivity contribution in [3.05, 3.63) is 35.9 Å². The van der Waals surface area contributed by atoms with Crippen molar-refractivity contribution in [2.24, 2.45) is 5.92 Å². The second-order valence-electron chi connectivity index (χ2n) is 14.9. The Morgan fingerprint density at radius 1 is 0.875 bits per heavy atom. The highest BCUT2D eigenvalue weighted by atomic mass is 32.2. The fourth-order valence-electron chi connectivity index (χ4n) is 7.34. The van der Waals surface area contributed by atoms with Gasteiger partial charge in [-0.15, -0.1) is 0 Å². The van der Waals surface area contributed by atoms with E-state index in [4.69, 9.17) is 21.7 Å². The summed E-state index contributed by atoms with van der Waals surface area (Å²) in [6, 6.07) is 6.08. The molecule has 316 valence electrons. The Morgan fingerprint density at radius 2 is 1.54 bits per heavy atom. The minimum atomic E-state index is -4.07. The van der Waals surface area contributed by atoms with Crippen LogP contribution in [0.25, 0.3) is 0 Å². The summed E-state index contributed by atoms with van der Waals surface area (Å²) in [5, 5.41) is 26.7. The molecule has 1 aromatic carbocycles. The summed E-state index contributed by atoms with van der Waals surface area (Å²) in [6.45, 7) is 5.39. The zero-order chi connectivity index (χ0) is 40.2. The van der Waals surface area contributed by atoms with Crippen LogP contribution in [0.2, 0.25) is 0 Å². The van der Waals surface area contributed by atoms with Crippen LogP contribution in [0.3, 0.4) is 0 Å². The lowest BCUT2D eigenvalue weighted by Crippen LogP contribution is -2.58. The van der Waals surface area contributed by atoms with Crippen molar-refractivity contribution < 1.29 is 37.4 Å². The van der Waals surface area contributed by atoms with E-state index in [0.717, 1.165) is 50.8 Å². The van der Waals surface area contributed by atoms with E-state index in [9.17, 15) is 27.9 Å². The first-order chi connectivity index (χ1) is 27.0. The molecule has 2 heterocycles. The van der Waals surface area contributed by atoms with E-state index in [1.54, 1.807) is 7.05 Å². The summed E-state index contributed by atoms with van der Waals surface area (Å²) in [5.41, 5.74) is 0.740. The van der Waals surface area contributed by atoms with Gasteiger partial charge in [-0.3, -0.25) is 19.3 Å². The van der Waals surface area contributed by atoms with Crippen LogP contribution in [0, 0.1) is 5.92 Å². The molecule has 0 aromatic heterocycles. The van der Waals surface area contributed by atoms with E-state index < -0.39 is 46.3 Å². The Bertz CT molecular complexity index is 1460. The second-order valence-corrected chi connectivity index (χ2v) is 17.0. The van der Waals surface area contributed by atoms with Gasteiger partial charge in [-0.05, 0) is 55.8 Å². The number of nitrogens with one attached hydrogen (secondary N) is 6. The van der Waals surface area contributed by atoms with Gasteiger partial charge in [0.1, 0.15) is 12.1 Å². The zero-order valence-corrected chi connectivity index (χ0v) is 34.5. The number of benzene rings is 1. The largest absolute Gasteiger partial charge is 0.390 e. The maximum atomic E-state index is 14.2. The van der Waals surface area contributed by atoms with Crippen LogP contribution in [0.5, 0.6) is 0 Å². The molecule has 2 saturated heterocycles. The molecule has 3 aliphatic rings. The number of aliphatic hydroxyl groups excluding tert-OH is 1. The highest BCUT2D eigenvalue weighted by Gasteiger charge is 2.34. The smallest absolute Gasteiger partial charge is 0.280 e. The van der Waals surface area contributed by atoms with Gasteiger partial charge in [0.15, 0.2) is 5.11 Å². The van der Waals surface area contributed by atoms with Gasteiger partial charge >= 0.3 is 0 Å². The Hall–Kier alpha value is -2.97. The minimum absolute atomic E-state index is 0.0552. The SMILES string of the molecule is CNC(=S)NCCCCC(NC(=O)C(Cc1ccccc1)NS(=O)(=O)N1CCOCC1)C(=O)NC(CC1CCCCC1)C(O)CC(=O)NCCN1CCOCC1. The van der Waals surface area contributed by atoms with Crippen LogP contribution in [0.1, 0.15) is 69.8 Å². The summed E-state index contributed by atoms with van der Waals surface area (Å²) >= 11 is 5.18. The normalized spacial score (nSPS) is 19.5. The van der Waals surface area contributed by atoms with Gasteiger partial charge in [-0.25, -0.2) is 0 Å². The third-order valence-corrected chi connectivity index (χ3v) is 12.6. The van der Waals surface area contributed by atoms with Gasteiger partial charge in [-0.1, -0.05) is 62.4 Å².